The predicted octanol–water partition coefficient (Wildman–Crippen LogP) is 3.06. The van der Waals surface area contributed by atoms with E-state index in [1.54, 1.807) is 43.8 Å². The third-order valence-corrected chi connectivity index (χ3v) is 3.43. The van der Waals surface area contributed by atoms with Gasteiger partial charge in [-0.25, -0.2) is 0 Å². The van der Waals surface area contributed by atoms with Crippen LogP contribution in [0.5, 0.6) is 5.75 Å². The lowest BCUT2D eigenvalue weighted by atomic mass is 9.97. The Kier molecular flexibility index (Phi) is 3.28. The molecule has 0 fully saturated rings. The summed E-state index contributed by atoms with van der Waals surface area (Å²) in [5.74, 6) is 0.526. The van der Waals surface area contributed by atoms with Gasteiger partial charge in [0, 0.05) is 40.7 Å². The molecule has 3 rings (SSSR count). The zero-order valence-electron chi connectivity index (χ0n) is 11.5. The van der Waals surface area contributed by atoms with Crippen molar-refractivity contribution in [3.63, 3.8) is 0 Å². The van der Waals surface area contributed by atoms with E-state index in [0.717, 1.165) is 10.8 Å². The zero-order chi connectivity index (χ0) is 14.8. The van der Waals surface area contributed by atoms with Crippen LogP contribution in [0.3, 0.4) is 0 Å². The number of carbonyl (C=O) groups is 1. The van der Waals surface area contributed by atoms with Crippen LogP contribution in [0, 0.1) is 0 Å². The Bertz CT molecular complexity index is 823. The van der Waals surface area contributed by atoms with Crippen LogP contribution < -0.4 is 10.5 Å². The molecule has 3 aromatic rings. The second kappa shape index (κ2) is 5.25. The summed E-state index contributed by atoms with van der Waals surface area (Å²) in [5.41, 5.74) is 7.46. The van der Waals surface area contributed by atoms with Crippen molar-refractivity contribution < 1.29 is 9.53 Å². The molecule has 0 aliphatic rings. The van der Waals surface area contributed by atoms with E-state index in [2.05, 4.69) is 4.98 Å². The predicted molar refractivity (Wildman–Crippen MR) is 82.6 cm³/mol. The Hall–Kier alpha value is -2.88. The summed E-state index contributed by atoms with van der Waals surface area (Å²) in [7, 11) is 1.56. The Balaban J connectivity index is 2.13. The lowest BCUT2D eigenvalue weighted by molar-refractivity contribution is 0.104. The number of nitrogen functional groups attached to an aromatic ring is 1. The monoisotopic (exact) mass is 278 g/mol. The number of carbonyl (C=O) groups excluding carboxylic acids is 1. The summed E-state index contributed by atoms with van der Waals surface area (Å²) in [6.45, 7) is 0. The van der Waals surface area contributed by atoms with Crippen molar-refractivity contribution >= 4 is 22.2 Å². The van der Waals surface area contributed by atoms with Gasteiger partial charge in [-0.1, -0.05) is 18.2 Å². The Morgan fingerprint density at radius 1 is 1.14 bits per heavy atom. The molecule has 1 aromatic heterocycles. The van der Waals surface area contributed by atoms with E-state index < -0.39 is 0 Å². The second-order valence-electron chi connectivity index (χ2n) is 4.68. The molecule has 2 N–H and O–H groups in total. The molecule has 0 atom stereocenters. The number of rotatable bonds is 3. The number of benzene rings is 2. The Morgan fingerprint density at radius 3 is 2.76 bits per heavy atom. The van der Waals surface area contributed by atoms with Crippen LogP contribution in [0.25, 0.3) is 10.8 Å². The van der Waals surface area contributed by atoms with Crippen LogP contribution in [-0.2, 0) is 0 Å². The molecule has 4 nitrogen and oxygen atoms in total. The number of nitrogens with two attached hydrogens (primary N) is 1. The molecule has 0 saturated carbocycles. The minimum Gasteiger partial charge on any atom is -0.497 e. The molecule has 104 valence electrons. The number of nitrogens with zero attached hydrogens (tertiary/aromatic N) is 1. The summed E-state index contributed by atoms with van der Waals surface area (Å²) in [4.78, 5) is 16.8. The van der Waals surface area contributed by atoms with E-state index in [1.165, 1.54) is 0 Å². The van der Waals surface area contributed by atoms with Gasteiger partial charge in [0.25, 0.3) is 0 Å². The smallest absolute Gasteiger partial charge is 0.195 e. The Morgan fingerprint density at radius 2 is 2.00 bits per heavy atom. The topological polar surface area (TPSA) is 65.2 Å². The average Bonchev–Trinajstić information content (AvgIpc) is 2.53. The number of ether oxygens (including phenoxy) is 1. The third-order valence-electron chi connectivity index (χ3n) is 3.43. The SMILES string of the molecule is COc1ccc(C(=O)c2cccc3cnccc23)c(N)c1. The molecule has 2 aromatic carbocycles. The molecule has 0 amide bonds. The van der Waals surface area contributed by atoms with Gasteiger partial charge in [0.1, 0.15) is 5.75 Å². The molecule has 0 aliphatic heterocycles. The van der Waals surface area contributed by atoms with E-state index in [0.29, 0.717) is 22.6 Å². The van der Waals surface area contributed by atoms with E-state index in [9.17, 15) is 4.79 Å². The van der Waals surface area contributed by atoms with Gasteiger partial charge in [0.05, 0.1) is 7.11 Å². The first-order valence-corrected chi connectivity index (χ1v) is 6.51. The third kappa shape index (κ3) is 2.31. The van der Waals surface area contributed by atoms with Crippen LogP contribution >= 0.6 is 0 Å². The molecule has 0 bridgehead atoms. The van der Waals surface area contributed by atoms with Gasteiger partial charge >= 0.3 is 0 Å². The van der Waals surface area contributed by atoms with Gasteiger partial charge in [-0.05, 0) is 23.6 Å². The van der Waals surface area contributed by atoms with Crippen molar-refractivity contribution in [1.29, 1.82) is 0 Å². The molecule has 21 heavy (non-hydrogen) atoms. The molecule has 0 aliphatic carbocycles. The van der Waals surface area contributed by atoms with E-state index in [1.807, 2.05) is 18.2 Å². The van der Waals surface area contributed by atoms with Gasteiger partial charge in [0.2, 0.25) is 0 Å². The number of pyridine rings is 1. The van der Waals surface area contributed by atoms with Crippen LogP contribution in [0.1, 0.15) is 15.9 Å². The molecule has 0 unspecified atom stereocenters. The summed E-state index contributed by atoms with van der Waals surface area (Å²) < 4.78 is 5.11. The Labute approximate surface area is 122 Å². The quantitative estimate of drug-likeness (QED) is 0.590. The molecule has 0 radical (unpaired) electrons. The largest absolute Gasteiger partial charge is 0.497 e. The van der Waals surface area contributed by atoms with Gasteiger partial charge in [-0.3, -0.25) is 9.78 Å². The number of methoxy groups -OCH3 is 1. The number of hydrogen-bond donors (Lipinski definition) is 1. The fourth-order valence-electron chi connectivity index (χ4n) is 2.34. The van der Waals surface area contributed by atoms with Crippen LogP contribution in [-0.4, -0.2) is 17.9 Å². The van der Waals surface area contributed by atoms with Crippen molar-refractivity contribution in [1.82, 2.24) is 4.98 Å². The van der Waals surface area contributed by atoms with Crippen molar-refractivity contribution in [3.8, 4) is 5.75 Å². The number of hydrogen-bond acceptors (Lipinski definition) is 4. The summed E-state index contributed by atoms with van der Waals surface area (Å²) in [6, 6.07) is 12.5. The first-order valence-electron chi connectivity index (χ1n) is 6.51. The van der Waals surface area contributed by atoms with Gasteiger partial charge < -0.3 is 10.5 Å². The molecular formula is C17H14N2O2. The minimum absolute atomic E-state index is 0.105. The summed E-state index contributed by atoms with van der Waals surface area (Å²) >= 11 is 0. The standard InChI is InChI=1S/C17H14N2O2/c1-21-12-5-6-15(16(18)9-12)17(20)14-4-2-3-11-10-19-8-7-13(11)14/h2-10H,18H2,1H3. The zero-order valence-corrected chi connectivity index (χ0v) is 11.5. The van der Waals surface area contributed by atoms with Gasteiger partial charge in [0.15, 0.2) is 5.78 Å². The maximum absolute atomic E-state index is 12.7. The van der Waals surface area contributed by atoms with E-state index >= 15 is 0 Å². The van der Waals surface area contributed by atoms with Crippen molar-refractivity contribution in [2.45, 2.75) is 0 Å². The van der Waals surface area contributed by atoms with Crippen LogP contribution in [0.15, 0.2) is 54.9 Å². The van der Waals surface area contributed by atoms with Gasteiger partial charge in [-0.2, -0.15) is 0 Å². The number of aromatic nitrogens is 1. The van der Waals surface area contributed by atoms with E-state index in [4.69, 9.17) is 10.5 Å². The fourth-order valence-corrected chi connectivity index (χ4v) is 2.34. The van der Waals surface area contributed by atoms with Crippen LogP contribution in [0.2, 0.25) is 0 Å². The lowest BCUT2D eigenvalue weighted by Crippen LogP contribution is -2.06. The maximum atomic E-state index is 12.7. The molecular weight excluding hydrogens is 264 g/mol. The summed E-state index contributed by atoms with van der Waals surface area (Å²) in [6.07, 6.45) is 3.42. The average molecular weight is 278 g/mol. The van der Waals surface area contributed by atoms with Crippen LogP contribution in [0.4, 0.5) is 5.69 Å². The van der Waals surface area contributed by atoms with Crippen molar-refractivity contribution in [2.24, 2.45) is 0 Å². The van der Waals surface area contributed by atoms with Crippen molar-refractivity contribution in [3.05, 3.63) is 66.0 Å². The van der Waals surface area contributed by atoms with Crippen molar-refractivity contribution in [2.75, 3.05) is 12.8 Å². The highest BCUT2D eigenvalue weighted by molar-refractivity contribution is 6.18. The second-order valence-corrected chi connectivity index (χ2v) is 4.68. The first kappa shape index (κ1) is 13.1. The maximum Gasteiger partial charge on any atom is 0.195 e. The number of anilines is 1. The number of ketones is 1. The first-order chi connectivity index (χ1) is 10.2. The highest BCUT2D eigenvalue weighted by Crippen LogP contribution is 2.25. The number of fused-ring (bicyclic) bond motifs is 1. The minimum atomic E-state index is -0.105. The lowest BCUT2D eigenvalue weighted by Gasteiger charge is -2.09. The highest BCUT2D eigenvalue weighted by atomic mass is 16.5. The normalized spacial score (nSPS) is 10.5. The molecule has 4 heteroatoms. The fraction of sp³-hybridized carbons (Fsp3) is 0.0588. The van der Waals surface area contributed by atoms with Gasteiger partial charge in [-0.15, -0.1) is 0 Å². The van der Waals surface area contributed by atoms with E-state index in [-0.39, 0.29) is 5.78 Å². The summed E-state index contributed by atoms with van der Waals surface area (Å²) in [5, 5.41) is 1.79. The highest BCUT2D eigenvalue weighted by Gasteiger charge is 2.15. The molecule has 0 saturated heterocycles. The molecule has 0 spiro atoms. The molecule has 1 heterocycles.